The summed E-state index contributed by atoms with van der Waals surface area (Å²) in [5.74, 6) is 0. The fourth-order valence-corrected chi connectivity index (χ4v) is 3.47. The second-order valence-corrected chi connectivity index (χ2v) is 6.17. The summed E-state index contributed by atoms with van der Waals surface area (Å²) in [6.07, 6.45) is 3.99. The zero-order chi connectivity index (χ0) is 13.2. The van der Waals surface area contributed by atoms with Crippen LogP contribution in [-0.4, -0.2) is 49.7 Å². The van der Waals surface area contributed by atoms with E-state index in [2.05, 4.69) is 10.2 Å². The predicted molar refractivity (Wildman–Crippen MR) is 66.7 cm³/mol. The molecule has 18 heavy (non-hydrogen) atoms. The monoisotopic (exact) mass is 271 g/mol. The Balaban J connectivity index is 2.17. The Morgan fingerprint density at radius 3 is 2.83 bits per heavy atom. The van der Waals surface area contributed by atoms with Gasteiger partial charge in [0.1, 0.15) is 4.90 Å². The molecule has 0 unspecified atom stereocenters. The van der Waals surface area contributed by atoms with E-state index in [4.69, 9.17) is 4.74 Å². The third-order valence-corrected chi connectivity index (χ3v) is 4.98. The molecular formula is C11H17N3O3S. The molecule has 6 nitrogen and oxygen atoms in total. The van der Waals surface area contributed by atoms with Crippen LogP contribution in [-0.2, 0) is 14.8 Å². The number of nitrogens with zero attached hydrogens (tertiary/aromatic N) is 2. The van der Waals surface area contributed by atoms with E-state index in [1.165, 1.54) is 10.5 Å². The predicted octanol–water partition coefficient (Wildman–Crippen LogP) is 0.685. The Hall–Kier alpha value is -1.18. The smallest absolute Gasteiger partial charge is 0.246 e. The number of hydrogen-bond donors (Lipinski definition) is 1. The van der Waals surface area contributed by atoms with Crippen LogP contribution in [0.25, 0.3) is 0 Å². The summed E-state index contributed by atoms with van der Waals surface area (Å²) in [7, 11) is -1.80. The standard InChI is InChI=1S/C11H17N3O3S/c1-9-11(7-12-13-9)18(15,16)14-5-3-10(4-6-14)8-17-2/h3,7H,4-6,8H2,1-2H3,(H,12,13). The van der Waals surface area contributed by atoms with E-state index in [1.807, 2.05) is 6.08 Å². The van der Waals surface area contributed by atoms with Crippen LogP contribution in [0.3, 0.4) is 0 Å². The third kappa shape index (κ3) is 2.47. The minimum absolute atomic E-state index is 0.256. The highest BCUT2D eigenvalue weighted by atomic mass is 32.2. The number of methoxy groups -OCH3 is 1. The van der Waals surface area contributed by atoms with Gasteiger partial charge in [-0.1, -0.05) is 6.08 Å². The molecule has 0 radical (unpaired) electrons. The third-order valence-electron chi connectivity index (χ3n) is 3.00. The van der Waals surface area contributed by atoms with Crippen LogP contribution < -0.4 is 0 Å². The van der Waals surface area contributed by atoms with Crippen LogP contribution in [0.2, 0.25) is 0 Å². The van der Waals surface area contributed by atoms with E-state index < -0.39 is 10.0 Å². The first-order valence-electron chi connectivity index (χ1n) is 5.72. The summed E-state index contributed by atoms with van der Waals surface area (Å²) in [5, 5.41) is 6.41. The molecule has 0 amide bonds. The van der Waals surface area contributed by atoms with Gasteiger partial charge in [-0.15, -0.1) is 0 Å². The van der Waals surface area contributed by atoms with Gasteiger partial charge >= 0.3 is 0 Å². The molecule has 1 aromatic heterocycles. The molecular weight excluding hydrogens is 254 g/mol. The summed E-state index contributed by atoms with van der Waals surface area (Å²) in [4.78, 5) is 0.256. The average Bonchev–Trinajstić information content (AvgIpc) is 2.77. The summed E-state index contributed by atoms with van der Waals surface area (Å²) >= 11 is 0. The second-order valence-electron chi connectivity index (χ2n) is 4.27. The van der Waals surface area contributed by atoms with Crippen molar-refractivity contribution < 1.29 is 13.2 Å². The van der Waals surface area contributed by atoms with Crippen LogP contribution >= 0.6 is 0 Å². The van der Waals surface area contributed by atoms with E-state index in [1.54, 1.807) is 14.0 Å². The van der Waals surface area contributed by atoms with E-state index in [0.29, 0.717) is 31.8 Å². The topological polar surface area (TPSA) is 75.3 Å². The highest BCUT2D eigenvalue weighted by Gasteiger charge is 2.28. The van der Waals surface area contributed by atoms with E-state index in [9.17, 15) is 8.42 Å². The summed E-state index contributed by atoms with van der Waals surface area (Å²) in [5.41, 5.74) is 1.72. The van der Waals surface area contributed by atoms with Crippen molar-refractivity contribution in [3.63, 3.8) is 0 Å². The van der Waals surface area contributed by atoms with Gasteiger partial charge in [-0.3, -0.25) is 5.10 Å². The molecule has 0 spiro atoms. The van der Waals surface area contributed by atoms with Crippen LogP contribution in [0.1, 0.15) is 12.1 Å². The molecule has 0 atom stereocenters. The van der Waals surface area contributed by atoms with Crippen molar-refractivity contribution in [1.82, 2.24) is 14.5 Å². The number of nitrogens with one attached hydrogen (secondary N) is 1. The Labute approximate surface area is 107 Å². The first-order valence-corrected chi connectivity index (χ1v) is 7.16. The molecule has 1 aliphatic rings. The molecule has 1 aliphatic heterocycles. The Morgan fingerprint density at radius 2 is 2.33 bits per heavy atom. The normalized spacial score (nSPS) is 17.8. The zero-order valence-electron chi connectivity index (χ0n) is 10.5. The number of ether oxygens (including phenoxy) is 1. The highest BCUT2D eigenvalue weighted by Crippen LogP contribution is 2.21. The number of sulfonamides is 1. The number of H-pyrrole nitrogens is 1. The minimum atomic E-state index is -3.43. The van der Waals surface area contributed by atoms with E-state index >= 15 is 0 Å². The molecule has 7 heteroatoms. The Kier molecular flexibility index (Phi) is 3.84. The van der Waals surface area contributed by atoms with Crippen molar-refractivity contribution in [3.05, 3.63) is 23.5 Å². The van der Waals surface area contributed by atoms with Crippen molar-refractivity contribution in [2.75, 3.05) is 26.8 Å². The number of aromatic amines is 1. The van der Waals surface area contributed by atoms with Gasteiger partial charge < -0.3 is 4.74 Å². The van der Waals surface area contributed by atoms with Crippen LogP contribution in [0.4, 0.5) is 0 Å². The number of rotatable bonds is 4. The van der Waals surface area contributed by atoms with Crippen LogP contribution in [0, 0.1) is 6.92 Å². The fourth-order valence-electron chi connectivity index (χ4n) is 1.97. The van der Waals surface area contributed by atoms with Crippen molar-refractivity contribution in [1.29, 1.82) is 0 Å². The molecule has 0 saturated heterocycles. The lowest BCUT2D eigenvalue weighted by atomic mass is 10.1. The zero-order valence-corrected chi connectivity index (χ0v) is 11.3. The van der Waals surface area contributed by atoms with Gasteiger partial charge in [0.25, 0.3) is 0 Å². The number of hydrogen-bond acceptors (Lipinski definition) is 4. The Bertz CT molecular complexity index is 548. The van der Waals surface area contributed by atoms with Crippen molar-refractivity contribution in [3.8, 4) is 0 Å². The molecule has 0 bridgehead atoms. The maximum absolute atomic E-state index is 12.3. The molecule has 1 aromatic rings. The molecule has 0 saturated carbocycles. The van der Waals surface area contributed by atoms with Crippen molar-refractivity contribution in [2.24, 2.45) is 0 Å². The number of aryl methyl sites for hydroxylation is 1. The molecule has 2 rings (SSSR count). The fraction of sp³-hybridized carbons (Fsp3) is 0.545. The SMILES string of the molecule is COCC1=CCN(S(=O)(=O)c2cn[nH]c2C)CC1. The lowest BCUT2D eigenvalue weighted by Crippen LogP contribution is -2.35. The maximum atomic E-state index is 12.3. The van der Waals surface area contributed by atoms with Crippen LogP contribution in [0.5, 0.6) is 0 Å². The molecule has 0 aliphatic carbocycles. The number of aromatic nitrogens is 2. The Morgan fingerprint density at radius 1 is 1.56 bits per heavy atom. The first-order chi connectivity index (χ1) is 8.55. The van der Waals surface area contributed by atoms with Gasteiger partial charge in [0.05, 0.1) is 18.5 Å². The van der Waals surface area contributed by atoms with Crippen LogP contribution in [0.15, 0.2) is 22.7 Å². The quantitative estimate of drug-likeness (QED) is 0.817. The molecule has 2 heterocycles. The second kappa shape index (κ2) is 5.21. The first kappa shape index (κ1) is 13.3. The highest BCUT2D eigenvalue weighted by molar-refractivity contribution is 7.89. The molecule has 1 N–H and O–H groups in total. The largest absolute Gasteiger partial charge is 0.380 e. The van der Waals surface area contributed by atoms with Gasteiger partial charge in [0.15, 0.2) is 0 Å². The van der Waals surface area contributed by atoms with Gasteiger partial charge in [0.2, 0.25) is 10.0 Å². The van der Waals surface area contributed by atoms with Gasteiger partial charge in [0, 0.05) is 20.2 Å². The summed E-state index contributed by atoms with van der Waals surface area (Å²) in [6, 6.07) is 0. The lowest BCUT2D eigenvalue weighted by Gasteiger charge is -2.25. The van der Waals surface area contributed by atoms with E-state index in [0.717, 1.165) is 5.57 Å². The van der Waals surface area contributed by atoms with E-state index in [-0.39, 0.29) is 4.90 Å². The van der Waals surface area contributed by atoms with Crippen molar-refractivity contribution in [2.45, 2.75) is 18.2 Å². The van der Waals surface area contributed by atoms with Crippen molar-refractivity contribution >= 4 is 10.0 Å². The van der Waals surface area contributed by atoms with Gasteiger partial charge in [-0.2, -0.15) is 9.40 Å². The molecule has 0 fully saturated rings. The summed E-state index contributed by atoms with van der Waals surface area (Å²) < 4.78 is 31.2. The molecule has 0 aromatic carbocycles. The maximum Gasteiger partial charge on any atom is 0.246 e. The molecule has 100 valence electrons. The minimum Gasteiger partial charge on any atom is -0.380 e. The average molecular weight is 271 g/mol. The summed E-state index contributed by atoms with van der Waals surface area (Å²) in [6.45, 7) is 3.16. The lowest BCUT2D eigenvalue weighted by molar-refractivity contribution is 0.219. The van der Waals surface area contributed by atoms with Gasteiger partial charge in [-0.05, 0) is 18.9 Å². The van der Waals surface area contributed by atoms with Gasteiger partial charge in [-0.25, -0.2) is 8.42 Å².